The topological polar surface area (TPSA) is 125 Å². The molecule has 0 aliphatic carbocycles. The third-order valence-corrected chi connectivity index (χ3v) is 8.50. The maximum Gasteiger partial charge on any atom is 0.244 e. The Morgan fingerprint density at radius 1 is 0.800 bits per heavy atom. The maximum absolute atomic E-state index is 14.6. The van der Waals surface area contributed by atoms with Gasteiger partial charge < -0.3 is 44.0 Å². The van der Waals surface area contributed by atoms with Crippen molar-refractivity contribution in [3.8, 4) is 34.5 Å². The molecule has 0 saturated heterocycles. The highest BCUT2D eigenvalue weighted by atomic mass is 79.9. The average Bonchev–Trinajstić information content (AvgIpc) is 3.76. The first-order chi connectivity index (χ1) is 21.8. The predicted molar refractivity (Wildman–Crippen MR) is 170 cm³/mol. The van der Waals surface area contributed by atoms with Crippen LogP contribution in [-0.2, 0) is 10.2 Å². The summed E-state index contributed by atoms with van der Waals surface area (Å²) in [6, 6.07) is 12.4. The van der Waals surface area contributed by atoms with Gasteiger partial charge in [0.25, 0.3) is 0 Å². The monoisotopic (exact) mass is 679 g/mol. The number of carbonyl (C=O) groups is 1. The van der Waals surface area contributed by atoms with Crippen molar-refractivity contribution in [1.82, 2.24) is 0 Å². The molecule has 0 fully saturated rings. The molecule has 3 aromatic rings. The Kier molecular flexibility index (Phi) is 8.93. The van der Waals surface area contributed by atoms with Crippen molar-refractivity contribution >= 4 is 27.5 Å². The molecule has 11 heteroatoms. The summed E-state index contributed by atoms with van der Waals surface area (Å²) in [7, 11) is 0. The average molecular weight is 681 g/mol. The van der Waals surface area contributed by atoms with E-state index in [0.717, 1.165) is 4.47 Å². The van der Waals surface area contributed by atoms with Crippen LogP contribution in [0.15, 0.2) is 72.2 Å². The lowest BCUT2D eigenvalue weighted by Gasteiger charge is -2.32. The van der Waals surface area contributed by atoms with E-state index in [-0.39, 0.29) is 32.7 Å². The minimum absolute atomic E-state index is 0.00387. The number of ether oxygens (including phenoxy) is 6. The largest absolute Gasteiger partial charge is 0.490 e. The summed E-state index contributed by atoms with van der Waals surface area (Å²) in [5.74, 6) is 2.03. The van der Waals surface area contributed by atoms with Crippen LogP contribution in [0.2, 0.25) is 0 Å². The Bertz CT molecular complexity index is 1540. The minimum Gasteiger partial charge on any atom is -0.490 e. The van der Waals surface area contributed by atoms with Gasteiger partial charge in [0.2, 0.25) is 19.5 Å². The molecule has 236 valence electrons. The zero-order valence-corrected chi connectivity index (χ0v) is 26.1. The summed E-state index contributed by atoms with van der Waals surface area (Å²) < 4.78 is 36.3. The van der Waals surface area contributed by atoms with Crippen molar-refractivity contribution in [1.29, 1.82) is 0 Å². The Balaban J connectivity index is 1.56. The molecule has 0 bridgehead atoms. The Morgan fingerprint density at radius 2 is 1.29 bits per heavy atom. The lowest BCUT2D eigenvalue weighted by atomic mass is 9.69. The number of hydrogen-bond acceptors (Lipinski definition) is 9. The minimum atomic E-state index is -1.55. The summed E-state index contributed by atoms with van der Waals surface area (Å²) >= 11 is 3.52. The van der Waals surface area contributed by atoms with Gasteiger partial charge in [0.1, 0.15) is 30.1 Å². The molecule has 45 heavy (non-hydrogen) atoms. The van der Waals surface area contributed by atoms with Gasteiger partial charge in [-0.05, 0) is 49.9 Å². The van der Waals surface area contributed by atoms with E-state index in [2.05, 4.69) is 34.4 Å². The lowest BCUT2D eigenvalue weighted by molar-refractivity contribution is -0.118. The fourth-order valence-corrected chi connectivity index (χ4v) is 6.16. The van der Waals surface area contributed by atoms with E-state index in [4.69, 9.17) is 28.4 Å². The second-order valence-corrected chi connectivity index (χ2v) is 11.9. The highest BCUT2D eigenvalue weighted by Crippen LogP contribution is 2.57. The van der Waals surface area contributed by atoms with Crippen LogP contribution in [0, 0.1) is 0 Å². The van der Waals surface area contributed by atoms with Gasteiger partial charge in [0, 0.05) is 39.0 Å². The Labute approximate surface area is 269 Å². The van der Waals surface area contributed by atoms with E-state index in [1.165, 1.54) is 0 Å². The van der Waals surface area contributed by atoms with Gasteiger partial charge in [-0.1, -0.05) is 34.1 Å². The summed E-state index contributed by atoms with van der Waals surface area (Å²) in [6.45, 7) is 7.39. The number of nitrogens with one attached hydrogen (secondary N) is 1. The second-order valence-electron chi connectivity index (χ2n) is 11.0. The molecule has 0 spiro atoms. The fourth-order valence-electron chi connectivity index (χ4n) is 5.80. The predicted octanol–water partition coefficient (Wildman–Crippen LogP) is 5.60. The van der Waals surface area contributed by atoms with E-state index in [0.29, 0.717) is 82.6 Å². The zero-order chi connectivity index (χ0) is 31.6. The molecule has 2 atom stereocenters. The van der Waals surface area contributed by atoms with Gasteiger partial charge in [-0.25, -0.2) is 0 Å². The molecule has 10 nitrogen and oxygen atoms in total. The van der Waals surface area contributed by atoms with E-state index in [1.807, 2.05) is 18.2 Å². The second kappa shape index (κ2) is 13.0. The number of allylic oxidation sites excluding steroid dienone is 2. The summed E-state index contributed by atoms with van der Waals surface area (Å²) in [5, 5.41) is 24.4. The number of anilines is 1. The molecule has 6 rings (SSSR count). The van der Waals surface area contributed by atoms with Crippen molar-refractivity contribution < 1.29 is 43.4 Å². The van der Waals surface area contributed by atoms with Crippen LogP contribution in [0.4, 0.5) is 5.69 Å². The van der Waals surface area contributed by atoms with E-state index in [1.54, 1.807) is 36.4 Å². The van der Waals surface area contributed by atoms with Crippen LogP contribution in [0.5, 0.6) is 34.5 Å². The van der Waals surface area contributed by atoms with Gasteiger partial charge >= 0.3 is 0 Å². The van der Waals surface area contributed by atoms with Gasteiger partial charge in [-0.15, -0.1) is 13.2 Å². The molecule has 3 N–H and O–H groups in total. The first kappa shape index (κ1) is 30.8. The summed E-state index contributed by atoms with van der Waals surface area (Å²) in [6.07, 6.45) is 4.06. The molecular formula is C34H34BrNO9. The molecule has 3 heterocycles. The number of rotatable bonds is 14. The first-order valence-corrected chi connectivity index (χ1v) is 15.5. The number of carbonyl (C=O) groups excluding carboxylic acids is 1. The standard InChI is InChI=1S/C34H34BrNO9/c1-3-5-7-21(37)16-40-27-14-31-29(42-18-44-31)12-24(27)34(23-10-9-20(35)11-26(23)36-33(34)39)25-13-30-32(45-19-43-30)15-28(25)41-17-22(38)8-6-4-2/h3-4,9-15,21-22,37-38H,1-2,5-8,16-19H2,(H,36,39)/t21-,22-/m1/s1. The third-order valence-electron chi connectivity index (χ3n) is 8.00. The fraction of sp³-hybridized carbons (Fsp3) is 0.324. The van der Waals surface area contributed by atoms with E-state index < -0.39 is 17.6 Å². The van der Waals surface area contributed by atoms with Crippen LogP contribution in [0.25, 0.3) is 0 Å². The number of hydrogen-bond donors (Lipinski definition) is 3. The molecule has 0 aromatic heterocycles. The van der Waals surface area contributed by atoms with E-state index >= 15 is 0 Å². The zero-order valence-electron chi connectivity index (χ0n) is 24.6. The number of benzene rings is 3. The Morgan fingerprint density at radius 3 is 1.78 bits per heavy atom. The molecule has 3 aromatic carbocycles. The van der Waals surface area contributed by atoms with Crippen LogP contribution < -0.4 is 33.7 Å². The van der Waals surface area contributed by atoms with Crippen molar-refractivity contribution in [2.24, 2.45) is 0 Å². The van der Waals surface area contributed by atoms with Crippen LogP contribution in [0.1, 0.15) is 42.4 Å². The molecule has 0 unspecified atom stereocenters. The summed E-state index contributed by atoms with van der Waals surface area (Å²) in [4.78, 5) is 14.6. The number of halogens is 1. The molecule has 3 aliphatic heterocycles. The number of amides is 1. The maximum atomic E-state index is 14.6. The van der Waals surface area contributed by atoms with Gasteiger partial charge in [0.05, 0.1) is 12.2 Å². The number of aliphatic hydroxyl groups excluding tert-OH is 2. The van der Waals surface area contributed by atoms with Crippen molar-refractivity contribution in [3.63, 3.8) is 0 Å². The van der Waals surface area contributed by atoms with E-state index in [9.17, 15) is 15.0 Å². The van der Waals surface area contributed by atoms with Crippen LogP contribution >= 0.6 is 15.9 Å². The third kappa shape index (κ3) is 5.83. The van der Waals surface area contributed by atoms with Gasteiger partial charge in [-0.3, -0.25) is 4.79 Å². The normalized spacial score (nSPS) is 16.5. The molecule has 0 radical (unpaired) electrons. The van der Waals surface area contributed by atoms with Gasteiger partial charge in [-0.2, -0.15) is 0 Å². The highest BCUT2D eigenvalue weighted by Gasteiger charge is 2.54. The Hall–Kier alpha value is -4.19. The van der Waals surface area contributed by atoms with Crippen molar-refractivity contribution in [2.75, 3.05) is 32.1 Å². The lowest BCUT2D eigenvalue weighted by Crippen LogP contribution is -2.38. The SMILES string of the molecule is C=CCC[C@@H](O)COc1cc2c(cc1C1(c3cc4c(cc3OC[C@H](O)CCC=C)OCO4)C(=O)Nc3cc(Br)ccc31)OCO2. The molecule has 3 aliphatic rings. The van der Waals surface area contributed by atoms with Crippen molar-refractivity contribution in [2.45, 2.75) is 43.3 Å². The number of fused-ring (bicyclic) bond motifs is 3. The first-order valence-electron chi connectivity index (χ1n) is 14.7. The van der Waals surface area contributed by atoms with Crippen LogP contribution in [0.3, 0.4) is 0 Å². The molecule has 1 amide bonds. The van der Waals surface area contributed by atoms with Crippen LogP contribution in [-0.4, -0.2) is 55.1 Å². The quantitative estimate of drug-likeness (QED) is 0.187. The van der Waals surface area contributed by atoms with Gasteiger partial charge in [0.15, 0.2) is 23.0 Å². The number of aliphatic hydroxyl groups is 2. The van der Waals surface area contributed by atoms with Crippen molar-refractivity contribution in [3.05, 3.63) is 88.9 Å². The molecule has 0 saturated carbocycles. The summed E-state index contributed by atoms with van der Waals surface area (Å²) in [5.41, 5.74) is 0.538. The molecular weight excluding hydrogens is 646 g/mol. The smallest absolute Gasteiger partial charge is 0.244 e. The highest BCUT2D eigenvalue weighted by molar-refractivity contribution is 9.10.